The van der Waals surface area contributed by atoms with E-state index in [4.69, 9.17) is 0 Å². The van der Waals surface area contributed by atoms with Gasteiger partial charge in [-0.25, -0.2) is 17.2 Å². The summed E-state index contributed by atoms with van der Waals surface area (Å²) in [5.74, 6) is -2.19. The van der Waals surface area contributed by atoms with Crippen LogP contribution in [0.4, 0.5) is 8.78 Å². The third kappa shape index (κ3) is 3.25. The average Bonchev–Trinajstić information content (AvgIpc) is 2.45. The van der Waals surface area contributed by atoms with Crippen LogP contribution in [0, 0.1) is 11.6 Å². The first kappa shape index (κ1) is 15.5. The summed E-state index contributed by atoms with van der Waals surface area (Å²) in [7, 11) is -4.25. The van der Waals surface area contributed by atoms with Crippen molar-refractivity contribution in [3.05, 3.63) is 59.9 Å². The Balaban J connectivity index is 2.41. The molecule has 0 amide bonds. The molecule has 0 saturated carbocycles. The monoisotopic (exact) mass is 312 g/mol. The molecule has 0 aliphatic heterocycles. The normalized spacial score (nSPS) is 11.8. The molecule has 4 nitrogen and oxygen atoms in total. The third-order valence-electron chi connectivity index (χ3n) is 2.98. The van der Waals surface area contributed by atoms with E-state index >= 15 is 0 Å². The zero-order valence-electron chi connectivity index (χ0n) is 11.3. The number of nitrogens with zero attached hydrogens (tertiary/aromatic N) is 2. The van der Waals surface area contributed by atoms with E-state index < -0.39 is 26.6 Å². The van der Waals surface area contributed by atoms with E-state index in [0.29, 0.717) is 5.56 Å². The predicted octanol–water partition coefficient (Wildman–Crippen LogP) is 2.57. The molecule has 0 N–H and O–H groups in total. The first-order chi connectivity index (χ1) is 9.96. The fourth-order valence-electron chi connectivity index (χ4n) is 1.92. The number of halogens is 2. The lowest BCUT2D eigenvalue weighted by Gasteiger charge is -2.21. The van der Waals surface area contributed by atoms with E-state index in [9.17, 15) is 17.2 Å². The Morgan fingerprint density at radius 2 is 1.67 bits per heavy atom. The molecule has 0 radical (unpaired) electrons. The summed E-state index contributed by atoms with van der Waals surface area (Å²) in [5.41, 5.74) is 0.687. The van der Waals surface area contributed by atoms with Gasteiger partial charge in [0.05, 0.1) is 0 Å². The van der Waals surface area contributed by atoms with Crippen molar-refractivity contribution in [1.29, 1.82) is 0 Å². The molecular formula is C14H14F2N2O2S. The molecule has 0 aliphatic carbocycles. The smallest absolute Gasteiger partial charge is 0.249 e. The van der Waals surface area contributed by atoms with Crippen LogP contribution in [0.1, 0.15) is 12.5 Å². The fraction of sp³-hybridized carbons (Fsp3) is 0.214. The number of sulfonamides is 1. The molecule has 2 rings (SSSR count). The molecule has 0 bridgehead atoms. The lowest BCUT2D eigenvalue weighted by atomic mass is 10.3. The maximum Gasteiger partial charge on any atom is 0.249 e. The van der Waals surface area contributed by atoms with Gasteiger partial charge in [0.1, 0.15) is 11.6 Å². The van der Waals surface area contributed by atoms with Crippen LogP contribution in [0.2, 0.25) is 0 Å². The lowest BCUT2D eigenvalue weighted by molar-refractivity contribution is 0.412. The molecule has 0 unspecified atom stereocenters. The number of benzene rings is 1. The second-order valence-electron chi connectivity index (χ2n) is 4.34. The quantitative estimate of drug-likeness (QED) is 0.852. The minimum atomic E-state index is -4.25. The van der Waals surface area contributed by atoms with Crippen LogP contribution >= 0.6 is 0 Å². The highest BCUT2D eigenvalue weighted by atomic mass is 32.2. The topological polar surface area (TPSA) is 50.3 Å². The lowest BCUT2D eigenvalue weighted by Crippen LogP contribution is -2.31. The molecule has 0 fully saturated rings. The number of aromatic nitrogens is 1. The van der Waals surface area contributed by atoms with Crippen molar-refractivity contribution in [1.82, 2.24) is 9.29 Å². The molecule has 21 heavy (non-hydrogen) atoms. The summed E-state index contributed by atoms with van der Waals surface area (Å²) in [6, 6.07) is 6.28. The van der Waals surface area contributed by atoms with Gasteiger partial charge < -0.3 is 0 Å². The van der Waals surface area contributed by atoms with Gasteiger partial charge in [0, 0.05) is 25.5 Å². The van der Waals surface area contributed by atoms with Crippen LogP contribution in [0.3, 0.4) is 0 Å². The van der Waals surface area contributed by atoms with E-state index in [1.54, 1.807) is 19.1 Å². The molecule has 0 spiro atoms. The first-order valence-corrected chi connectivity index (χ1v) is 7.74. The van der Waals surface area contributed by atoms with Crippen molar-refractivity contribution in [2.45, 2.75) is 18.4 Å². The summed E-state index contributed by atoms with van der Waals surface area (Å²) in [4.78, 5) is 2.92. The molecule has 1 aromatic heterocycles. The highest BCUT2D eigenvalue weighted by molar-refractivity contribution is 7.89. The van der Waals surface area contributed by atoms with Gasteiger partial charge in [0.25, 0.3) is 0 Å². The molecule has 2 aromatic rings. The second-order valence-corrected chi connectivity index (χ2v) is 6.21. The van der Waals surface area contributed by atoms with E-state index in [-0.39, 0.29) is 13.1 Å². The van der Waals surface area contributed by atoms with Crippen molar-refractivity contribution >= 4 is 10.0 Å². The number of rotatable bonds is 5. The number of pyridine rings is 1. The van der Waals surface area contributed by atoms with Gasteiger partial charge >= 0.3 is 0 Å². The average molecular weight is 312 g/mol. The van der Waals surface area contributed by atoms with Gasteiger partial charge in [-0.15, -0.1) is 0 Å². The van der Waals surface area contributed by atoms with Gasteiger partial charge in [0.15, 0.2) is 4.90 Å². The van der Waals surface area contributed by atoms with Crippen LogP contribution < -0.4 is 0 Å². The first-order valence-electron chi connectivity index (χ1n) is 6.30. The van der Waals surface area contributed by atoms with Gasteiger partial charge in [-0.2, -0.15) is 4.31 Å². The molecule has 1 aromatic carbocycles. The Labute approximate surface area is 122 Å². The van der Waals surface area contributed by atoms with Crippen molar-refractivity contribution in [2.75, 3.05) is 6.54 Å². The molecule has 0 aliphatic rings. The zero-order valence-corrected chi connectivity index (χ0v) is 12.1. The summed E-state index contributed by atoms with van der Waals surface area (Å²) < 4.78 is 53.3. The molecule has 1 heterocycles. The molecular weight excluding hydrogens is 298 g/mol. The summed E-state index contributed by atoms with van der Waals surface area (Å²) >= 11 is 0. The molecule has 0 atom stereocenters. The summed E-state index contributed by atoms with van der Waals surface area (Å²) in [5, 5.41) is 0. The van der Waals surface area contributed by atoms with Crippen molar-refractivity contribution in [2.24, 2.45) is 0 Å². The Bertz CT molecular complexity index is 701. The Morgan fingerprint density at radius 3 is 2.19 bits per heavy atom. The van der Waals surface area contributed by atoms with E-state index in [0.717, 1.165) is 22.5 Å². The van der Waals surface area contributed by atoms with Crippen LogP contribution in [-0.2, 0) is 16.6 Å². The number of hydrogen-bond donors (Lipinski definition) is 0. The van der Waals surface area contributed by atoms with Crippen LogP contribution in [0.15, 0.2) is 47.6 Å². The fourth-order valence-corrected chi connectivity index (χ4v) is 3.46. The SMILES string of the molecule is CCN(Cc1ccncc1)S(=O)(=O)c1c(F)cccc1F. The maximum atomic E-state index is 13.7. The maximum absolute atomic E-state index is 13.7. The van der Waals surface area contributed by atoms with Gasteiger partial charge in [0.2, 0.25) is 10.0 Å². The van der Waals surface area contributed by atoms with Crippen LogP contribution in [0.5, 0.6) is 0 Å². The standard InChI is InChI=1S/C14H14F2N2O2S/c1-2-18(10-11-6-8-17-9-7-11)21(19,20)14-12(15)4-3-5-13(14)16/h3-9H,2,10H2,1H3. The minimum Gasteiger partial charge on any atom is -0.265 e. The van der Waals surface area contributed by atoms with Gasteiger partial charge in [-0.1, -0.05) is 13.0 Å². The number of hydrogen-bond acceptors (Lipinski definition) is 3. The van der Waals surface area contributed by atoms with Crippen molar-refractivity contribution in [3.63, 3.8) is 0 Å². The van der Waals surface area contributed by atoms with Gasteiger partial charge in [-0.3, -0.25) is 4.98 Å². The van der Waals surface area contributed by atoms with E-state index in [1.807, 2.05) is 0 Å². The Hall–Kier alpha value is -1.86. The molecule has 7 heteroatoms. The van der Waals surface area contributed by atoms with Crippen LogP contribution in [0.25, 0.3) is 0 Å². The molecule has 0 saturated heterocycles. The molecule has 112 valence electrons. The highest BCUT2D eigenvalue weighted by Gasteiger charge is 2.29. The second kappa shape index (κ2) is 6.28. The largest absolute Gasteiger partial charge is 0.265 e. The third-order valence-corrected chi connectivity index (χ3v) is 4.95. The summed E-state index contributed by atoms with van der Waals surface area (Å²) in [6.45, 7) is 1.73. The Morgan fingerprint density at radius 1 is 1.10 bits per heavy atom. The predicted molar refractivity (Wildman–Crippen MR) is 73.9 cm³/mol. The summed E-state index contributed by atoms with van der Waals surface area (Å²) in [6.07, 6.45) is 3.05. The zero-order chi connectivity index (χ0) is 15.5. The van der Waals surface area contributed by atoms with Crippen molar-refractivity contribution in [3.8, 4) is 0 Å². The van der Waals surface area contributed by atoms with Gasteiger partial charge in [-0.05, 0) is 29.8 Å². The highest BCUT2D eigenvalue weighted by Crippen LogP contribution is 2.23. The minimum absolute atomic E-state index is 0.0229. The Kier molecular flexibility index (Phi) is 4.64. The van der Waals surface area contributed by atoms with E-state index in [2.05, 4.69) is 4.98 Å². The van der Waals surface area contributed by atoms with Crippen LogP contribution in [-0.4, -0.2) is 24.3 Å². The van der Waals surface area contributed by atoms with E-state index in [1.165, 1.54) is 12.4 Å². The van der Waals surface area contributed by atoms with Crippen molar-refractivity contribution < 1.29 is 17.2 Å².